The summed E-state index contributed by atoms with van der Waals surface area (Å²) in [5.41, 5.74) is 7.05. The minimum atomic E-state index is -0.133. The van der Waals surface area contributed by atoms with Crippen LogP contribution in [0.1, 0.15) is 57.8 Å². The fourth-order valence-electron chi connectivity index (χ4n) is 6.41. The predicted octanol–water partition coefficient (Wildman–Crippen LogP) is 9.67. The molecule has 0 saturated heterocycles. The van der Waals surface area contributed by atoms with E-state index >= 15 is 0 Å². The Kier molecular flexibility index (Phi) is 12.3. The van der Waals surface area contributed by atoms with Crippen LogP contribution in [0.3, 0.4) is 0 Å². The minimum Gasteiger partial charge on any atom is -0.353 e. The first kappa shape index (κ1) is 37.9. The first-order chi connectivity index (χ1) is 26.8. The van der Waals surface area contributed by atoms with Crippen LogP contribution in [0.4, 0.5) is 0 Å². The van der Waals surface area contributed by atoms with Crippen molar-refractivity contribution >= 4 is 71.4 Å². The van der Waals surface area contributed by atoms with Gasteiger partial charge < -0.3 is 15.6 Å². The molecule has 0 aliphatic rings. The van der Waals surface area contributed by atoms with Gasteiger partial charge >= 0.3 is 0 Å². The van der Waals surface area contributed by atoms with Crippen LogP contribution in [0.5, 0.6) is 0 Å². The van der Waals surface area contributed by atoms with Gasteiger partial charge in [0.1, 0.15) is 0 Å². The normalized spacial score (nSPS) is 11.7. The lowest BCUT2D eigenvalue weighted by Gasteiger charge is -2.14. The Morgan fingerprint density at radius 2 is 1.25 bits per heavy atom. The summed E-state index contributed by atoms with van der Waals surface area (Å²) in [5.74, 6) is -0.212. The molecule has 0 saturated carbocycles. The third-order valence-electron chi connectivity index (χ3n) is 9.16. The van der Waals surface area contributed by atoms with Gasteiger partial charge in [-0.2, -0.15) is 5.26 Å². The number of hydrogen-bond acceptors (Lipinski definition) is 5. The molecule has 11 heteroatoms. The maximum Gasteiger partial charge on any atom is 0.293 e. The fraction of sp³-hybridized carbons (Fsp3) is 0.136. The van der Waals surface area contributed by atoms with Crippen LogP contribution in [0.15, 0.2) is 134 Å². The molecule has 3 N–H and O–H groups in total. The third-order valence-corrected chi connectivity index (χ3v) is 9.41. The van der Waals surface area contributed by atoms with Gasteiger partial charge in [-0.05, 0) is 61.4 Å². The number of fused-ring (bicyclic) bond motifs is 6. The maximum atomic E-state index is 12.8. The van der Waals surface area contributed by atoms with E-state index in [9.17, 15) is 9.59 Å². The van der Waals surface area contributed by atoms with E-state index in [0.29, 0.717) is 16.5 Å². The average molecular weight is 790 g/mol. The van der Waals surface area contributed by atoms with E-state index in [1.807, 2.05) is 134 Å². The van der Waals surface area contributed by atoms with E-state index in [-0.39, 0.29) is 30.6 Å². The van der Waals surface area contributed by atoms with Crippen LogP contribution in [0.2, 0.25) is 0 Å². The summed E-state index contributed by atoms with van der Waals surface area (Å²) in [4.78, 5) is 40.5. The number of nitrogens with one attached hydrogen (secondary N) is 3. The number of pyridine rings is 2. The van der Waals surface area contributed by atoms with Crippen molar-refractivity contribution in [3.8, 4) is 6.07 Å². The number of H-pyrrole nitrogens is 1. The summed E-state index contributed by atoms with van der Waals surface area (Å²) in [6.45, 7) is 11.4. The minimum absolute atomic E-state index is 0.0405. The maximum absolute atomic E-state index is 12.8. The topological polar surface area (TPSA) is 133 Å². The molecule has 4 aromatic carbocycles. The molecule has 0 bridgehead atoms. The summed E-state index contributed by atoms with van der Waals surface area (Å²) in [6.07, 6.45) is 7.08. The first-order valence-corrected chi connectivity index (χ1v) is 18.6. The van der Waals surface area contributed by atoms with Crippen molar-refractivity contribution in [1.29, 1.82) is 5.26 Å². The van der Waals surface area contributed by atoms with Gasteiger partial charge in [0.15, 0.2) is 0 Å². The number of aromatic amines is 1. The van der Waals surface area contributed by atoms with Crippen molar-refractivity contribution in [2.24, 2.45) is 0 Å². The Morgan fingerprint density at radius 3 is 1.84 bits per heavy atom. The van der Waals surface area contributed by atoms with Crippen molar-refractivity contribution in [3.05, 3.63) is 168 Å². The van der Waals surface area contributed by atoms with Crippen molar-refractivity contribution in [3.63, 3.8) is 0 Å². The van der Waals surface area contributed by atoms with E-state index in [4.69, 9.17) is 11.8 Å². The zero-order chi connectivity index (χ0) is 38.7. The highest BCUT2D eigenvalue weighted by Crippen LogP contribution is 2.30. The molecule has 272 valence electrons. The van der Waals surface area contributed by atoms with Crippen LogP contribution in [-0.4, -0.2) is 36.7 Å². The molecule has 0 unspecified atom stereocenters. The molecular formula is C44H37BrN8O2. The van der Waals surface area contributed by atoms with E-state index in [2.05, 4.69) is 46.4 Å². The van der Waals surface area contributed by atoms with Gasteiger partial charge in [-0.25, -0.2) is 6.57 Å². The van der Waals surface area contributed by atoms with Gasteiger partial charge in [0.25, 0.3) is 18.5 Å². The molecule has 10 nitrogen and oxygen atoms in total. The third kappa shape index (κ3) is 8.71. The lowest BCUT2D eigenvalue weighted by molar-refractivity contribution is 0.0931. The fourth-order valence-corrected chi connectivity index (χ4v) is 6.41. The number of alkyl halides is 1. The molecule has 4 heterocycles. The van der Waals surface area contributed by atoms with E-state index in [0.717, 1.165) is 54.7 Å². The van der Waals surface area contributed by atoms with Crippen LogP contribution >= 0.6 is 15.9 Å². The molecule has 0 aliphatic heterocycles. The lowest BCUT2D eigenvalue weighted by Crippen LogP contribution is -2.26. The summed E-state index contributed by atoms with van der Waals surface area (Å²) in [6, 6.07) is 36.8. The molecule has 2 atom stereocenters. The Labute approximate surface area is 326 Å². The molecule has 0 radical (unpaired) electrons. The van der Waals surface area contributed by atoms with Gasteiger partial charge in [-0.1, -0.05) is 88.7 Å². The van der Waals surface area contributed by atoms with Gasteiger partial charge in [-0.3, -0.25) is 29.0 Å². The van der Waals surface area contributed by atoms with E-state index in [1.165, 1.54) is 0 Å². The number of halogens is 1. The lowest BCUT2D eigenvalue weighted by atomic mass is 10.1. The zero-order valence-electron chi connectivity index (χ0n) is 30.2. The number of amides is 2. The molecule has 0 spiro atoms. The van der Waals surface area contributed by atoms with Crippen molar-refractivity contribution in [1.82, 2.24) is 30.2 Å². The summed E-state index contributed by atoms with van der Waals surface area (Å²) >= 11 is 2.89. The van der Waals surface area contributed by atoms with Gasteiger partial charge in [0.2, 0.25) is 0 Å². The van der Waals surface area contributed by atoms with Crippen LogP contribution < -0.4 is 10.6 Å². The molecule has 55 heavy (non-hydrogen) atoms. The Hall–Kier alpha value is -6.82. The standard InChI is InChI=1S/C22H18N4O.C20H17N3O.C2H2BrN/c1-15(16-6-4-3-5-7-16)25-22(27)17-8-9-18-19-10-11-24-13-21(19)26(14-23-2)20(18)12-17;1-13(14-5-3-2-4-6-14)22-20(24)15-7-8-16-17-9-10-21-12-19(17)23-18(16)11-15;3-1-2-4/h3-13,15H,14H2,1H3,(H,25,27);2-13,23H,1H3,(H,22,24);1H2/t15-;13-;/m11./s1. The van der Waals surface area contributed by atoms with Crippen molar-refractivity contribution < 1.29 is 9.59 Å². The molecular weight excluding hydrogens is 752 g/mol. The van der Waals surface area contributed by atoms with Crippen molar-refractivity contribution in [2.45, 2.75) is 32.6 Å². The first-order valence-electron chi connectivity index (χ1n) is 17.5. The second kappa shape index (κ2) is 17.8. The number of aromatic nitrogens is 4. The largest absolute Gasteiger partial charge is 0.353 e. The van der Waals surface area contributed by atoms with Crippen LogP contribution in [-0.2, 0) is 6.67 Å². The molecule has 8 rings (SSSR count). The second-order valence-corrected chi connectivity index (χ2v) is 13.2. The molecule has 0 fully saturated rings. The number of carbonyl (C=O) groups is 2. The molecule has 0 aliphatic carbocycles. The monoisotopic (exact) mass is 788 g/mol. The van der Waals surface area contributed by atoms with Gasteiger partial charge in [0, 0.05) is 50.6 Å². The summed E-state index contributed by atoms with van der Waals surface area (Å²) < 4.78 is 1.90. The highest BCUT2D eigenvalue weighted by Gasteiger charge is 2.17. The Balaban J connectivity index is 0.000000172. The number of benzene rings is 4. The van der Waals surface area contributed by atoms with Crippen molar-refractivity contribution in [2.75, 3.05) is 5.33 Å². The smallest absolute Gasteiger partial charge is 0.293 e. The van der Waals surface area contributed by atoms with E-state index < -0.39 is 0 Å². The second-order valence-electron chi connectivity index (χ2n) is 12.7. The molecule has 2 amide bonds. The number of nitrogens with zero attached hydrogens (tertiary/aromatic N) is 5. The molecule has 4 aromatic heterocycles. The van der Waals surface area contributed by atoms with Gasteiger partial charge in [-0.15, -0.1) is 0 Å². The highest BCUT2D eigenvalue weighted by molar-refractivity contribution is 9.09. The number of carbonyl (C=O) groups excluding carboxylic acids is 2. The SMILES string of the molecule is C[C@@H](NC(=O)c1ccc2c(c1)[nH]c1cnccc12)c1ccccc1.N#CCBr.[C-]#[N+]Cn1c2cnccc2c2ccc(C(=O)N[C@H](C)c3ccccc3)cc21. The number of rotatable bonds is 7. The number of nitriles is 1. The predicted molar refractivity (Wildman–Crippen MR) is 221 cm³/mol. The summed E-state index contributed by atoms with van der Waals surface area (Å²) in [5, 5.41) is 18.4. The highest BCUT2D eigenvalue weighted by atomic mass is 79.9. The summed E-state index contributed by atoms with van der Waals surface area (Å²) in [7, 11) is 0. The van der Waals surface area contributed by atoms with Gasteiger partial charge in [0.05, 0.1) is 52.4 Å². The Bertz CT molecular complexity index is 2680. The zero-order valence-corrected chi connectivity index (χ0v) is 31.8. The van der Waals surface area contributed by atoms with Crippen LogP contribution in [0, 0.1) is 17.9 Å². The quantitative estimate of drug-likeness (QED) is 0.109. The Morgan fingerprint density at radius 1 is 0.745 bits per heavy atom. The average Bonchev–Trinajstić information content (AvgIpc) is 3.76. The number of hydrogen-bond donors (Lipinski definition) is 3. The van der Waals surface area contributed by atoms with E-state index in [1.54, 1.807) is 24.8 Å². The van der Waals surface area contributed by atoms with Crippen LogP contribution in [0.25, 0.3) is 48.5 Å². The molecule has 8 aromatic rings.